The molecule has 0 fully saturated rings. The van der Waals surface area contributed by atoms with Crippen LogP contribution in [0, 0.1) is 0 Å². The molecule has 0 saturated carbocycles. The number of amides is 1. The highest BCUT2D eigenvalue weighted by Crippen LogP contribution is 2.10. The molecule has 0 saturated heterocycles. The van der Waals surface area contributed by atoms with Crippen molar-refractivity contribution in [3.8, 4) is 0 Å². The maximum atomic E-state index is 11.1. The molecule has 1 heterocycles. The highest BCUT2D eigenvalue weighted by molar-refractivity contribution is 5.92. The van der Waals surface area contributed by atoms with Gasteiger partial charge in [-0.05, 0) is 30.0 Å². The highest BCUT2D eigenvalue weighted by Gasteiger charge is 2.08. The van der Waals surface area contributed by atoms with Crippen molar-refractivity contribution in [2.75, 3.05) is 0 Å². The first-order valence-electron chi connectivity index (χ1n) is 5.27. The quantitative estimate of drug-likeness (QED) is 0.802. The van der Waals surface area contributed by atoms with Crippen molar-refractivity contribution in [2.45, 2.75) is 12.8 Å². The van der Waals surface area contributed by atoms with Crippen molar-refractivity contribution in [3.63, 3.8) is 0 Å². The highest BCUT2D eigenvalue weighted by atomic mass is 16.1. The number of rotatable bonds is 4. The molecule has 3 N–H and O–H groups in total. The number of H-pyrrole nitrogens is 1. The van der Waals surface area contributed by atoms with Gasteiger partial charge in [0.2, 0.25) is 0 Å². The molecule has 82 valence electrons. The number of benzene rings is 1. The molecular weight excluding hydrogens is 200 g/mol. The van der Waals surface area contributed by atoms with Gasteiger partial charge in [-0.25, -0.2) is 0 Å². The van der Waals surface area contributed by atoms with Crippen LogP contribution in [-0.4, -0.2) is 10.9 Å². The molecule has 2 rings (SSSR count). The van der Waals surface area contributed by atoms with Crippen molar-refractivity contribution in [2.24, 2.45) is 5.73 Å². The first-order valence-corrected chi connectivity index (χ1v) is 5.27. The zero-order valence-electron chi connectivity index (χ0n) is 8.94. The zero-order valence-corrected chi connectivity index (χ0v) is 8.94. The monoisotopic (exact) mass is 214 g/mol. The number of nitrogens with two attached hydrogens (primary N) is 1. The van der Waals surface area contributed by atoms with Gasteiger partial charge in [0, 0.05) is 6.20 Å². The average molecular weight is 214 g/mol. The molecule has 0 unspecified atom stereocenters. The van der Waals surface area contributed by atoms with E-state index < -0.39 is 5.91 Å². The molecule has 0 spiro atoms. The van der Waals surface area contributed by atoms with Crippen LogP contribution in [0.5, 0.6) is 0 Å². The summed E-state index contributed by atoms with van der Waals surface area (Å²) in [6, 6.07) is 12.1. The minimum Gasteiger partial charge on any atom is -0.364 e. The second kappa shape index (κ2) is 4.66. The van der Waals surface area contributed by atoms with Gasteiger partial charge in [0.05, 0.1) is 0 Å². The van der Waals surface area contributed by atoms with E-state index in [-0.39, 0.29) is 0 Å². The molecular formula is C13H14N2O. The van der Waals surface area contributed by atoms with E-state index >= 15 is 0 Å². The summed E-state index contributed by atoms with van der Waals surface area (Å²) < 4.78 is 0. The number of primary amides is 1. The van der Waals surface area contributed by atoms with Gasteiger partial charge < -0.3 is 10.7 Å². The lowest BCUT2D eigenvalue weighted by Crippen LogP contribution is -2.13. The minimum atomic E-state index is -0.395. The molecule has 1 aromatic carbocycles. The Balaban J connectivity index is 2.05. The van der Waals surface area contributed by atoms with Gasteiger partial charge >= 0.3 is 0 Å². The fourth-order valence-electron chi connectivity index (χ4n) is 1.76. The van der Waals surface area contributed by atoms with Gasteiger partial charge in [0.25, 0.3) is 5.91 Å². The lowest BCUT2D eigenvalue weighted by molar-refractivity contribution is 0.0995. The minimum absolute atomic E-state index is 0.395. The van der Waals surface area contributed by atoms with Crippen molar-refractivity contribution in [1.29, 1.82) is 0 Å². The fourth-order valence-corrected chi connectivity index (χ4v) is 1.76. The summed E-state index contributed by atoms with van der Waals surface area (Å²) in [7, 11) is 0. The van der Waals surface area contributed by atoms with Gasteiger partial charge in [-0.1, -0.05) is 30.3 Å². The lowest BCUT2D eigenvalue weighted by Gasteiger charge is -2.01. The average Bonchev–Trinajstić information content (AvgIpc) is 2.76. The van der Waals surface area contributed by atoms with E-state index in [1.54, 1.807) is 6.20 Å². The Hall–Kier alpha value is -2.03. The molecule has 0 bridgehead atoms. The fraction of sp³-hybridized carbons (Fsp3) is 0.154. The van der Waals surface area contributed by atoms with E-state index in [0.29, 0.717) is 5.69 Å². The van der Waals surface area contributed by atoms with Crippen LogP contribution in [0.3, 0.4) is 0 Å². The van der Waals surface area contributed by atoms with Gasteiger partial charge in [-0.15, -0.1) is 0 Å². The topological polar surface area (TPSA) is 58.9 Å². The molecule has 0 aliphatic carbocycles. The van der Waals surface area contributed by atoms with Gasteiger partial charge in [-0.3, -0.25) is 4.79 Å². The van der Waals surface area contributed by atoms with Gasteiger partial charge in [-0.2, -0.15) is 0 Å². The first-order chi connectivity index (χ1) is 7.77. The number of aromatic amines is 1. The van der Waals surface area contributed by atoms with Crippen LogP contribution >= 0.6 is 0 Å². The molecule has 0 aliphatic rings. The number of carbonyl (C=O) groups is 1. The van der Waals surface area contributed by atoms with Crippen molar-refractivity contribution in [1.82, 2.24) is 4.98 Å². The summed E-state index contributed by atoms with van der Waals surface area (Å²) in [6.45, 7) is 0. The normalized spacial score (nSPS) is 10.2. The predicted octanol–water partition coefficient (Wildman–Crippen LogP) is 1.90. The molecule has 2 aromatic rings. The Labute approximate surface area is 94.3 Å². The predicted molar refractivity (Wildman–Crippen MR) is 63.2 cm³/mol. The molecule has 0 atom stereocenters. The summed E-state index contributed by atoms with van der Waals surface area (Å²) in [6.07, 6.45) is 3.49. The number of aromatic nitrogens is 1. The molecule has 0 aliphatic heterocycles. The van der Waals surface area contributed by atoms with E-state index in [2.05, 4.69) is 17.1 Å². The van der Waals surface area contributed by atoms with Crippen LogP contribution in [0.25, 0.3) is 0 Å². The third-order valence-electron chi connectivity index (χ3n) is 2.61. The van der Waals surface area contributed by atoms with Gasteiger partial charge in [0.1, 0.15) is 5.69 Å². The SMILES string of the molecule is NC(=O)c1[nH]ccc1CCc1ccccc1. The maximum Gasteiger partial charge on any atom is 0.265 e. The van der Waals surface area contributed by atoms with Crippen molar-refractivity contribution >= 4 is 5.91 Å². The van der Waals surface area contributed by atoms with E-state index in [9.17, 15) is 4.79 Å². The third-order valence-corrected chi connectivity index (χ3v) is 2.61. The summed E-state index contributed by atoms with van der Waals surface area (Å²) in [4.78, 5) is 14.0. The van der Waals surface area contributed by atoms with E-state index in [1.807, 2.05) is 24.3 Å². The molecule has 0 radical (unpaired) electrons. The van der Waals surface area contributed by atoms with Crippen LogP contribution in [0.2, 0.25) is 0 Å². The molecule has 1 amide bonds. The maximum absolute atomic E-state index is 11.1. The number of hydrogen-bond acceptors (Lipinski definition) is 1. The number of aryl methyl sites for hydroxylation is 2. The number of nitrogens with one attached hydrogen (secondary N) is 1. The van der Waals surface area contributed by atoms with Gasteiger partial charge in [0.15, 0.2) is 0 Å². The second-order valence-electron chi connectivity index (χ2n) is 3.73. The standard InChI is InChI=1S/C13H14N2O/c14-13(16)12-11(8-9-15-12)7-6-10-4-2-1-3-5-10/h1-5,8-9,15H,6-7H2,(H2,14,16). The Kier molecular flexibility index (Phi) is 3.05. The van der Waals surface area contributed by atoms with Crippen molar-refractivity contribution in [3.05, 3.63) is 59.4 Å². The summed E-state index contributed by atoms with van der Waals surface area (Å²) in [5, 5.41) is 0. The van der Waals surface area contributed by atoms with Crippen LogP contribution in [0.1, 0.15) is 21.6 Å². The van der Waals surface area contributed by atoms with Crippen molar-refractivity contribution < 1.29 is 4.79 Å². The van der Waals surface area contributed by atoms with Crippen LogP contribution in [0.15, 0.2) is 42.6 Å². The summed E-state index contributed by atoms with van der Waals surface area (Å²) in [5.74, 6) is -0.395. The van der Waals surface area contributed by atoms with Crippen LogP contribution in [-0.2, 0) is 12.8 Å². The first kappa shape index (κ1) is 10.5. The van der Waals surface area contributed by atoms with Crippen LogP contribution in [0.4, 0.5) is 0 Å². The summed E-state index contributed by atoms with van der Waals surface area (Å²) in [5.41, 5.74) is 8.03. The summed E-state index contributed by atoms with van der Waals surface area (Å²) >= 11 is 0. The molecule has 16 heavy (non-hydrogen) atoms. The molecule has 1 aromatic heterocycles. The number of hydrogen-bond donors (Lipinski definition) is 2. The Morgan fingerprint density at radius 2 is 1.88 bits per heavy atom. The lowest BCUT2D eigenvalue weighted by atomic mass is 10.0. The zero-order chi connectivity index (χ0) is 11.4. The molecule has 3 heteroatoms. The Bertz CT molecular complexity index is 474. The Morgan fingerprint density at radius 3 is 2.56 bits per heavy atom. The Morgan fingerprint density at radius 1 is 1.12 bits per heavy atom. The second-order valence-corrected chi connectivity index (χ2v) is 3.73. The number of carbonyl (C=O) groups excluding carboxylic acids is 1. The molecule has 3 nitrogen and oxygen atoms in total. The van der Waals surface area contributed by atoms with E-state index in [0.717, 1.165) is 18.4 Å². The van der Waals surface area contributed by atoms with Crippen LogP contribution < -0.4 is 5.73 Å². The van der Waals surface area contributed by atoms with E-state index in [4.69, 9.17) is 5.73 Å². The largest absolute Gasteiger partial charge is 0.364 e. The third kappa shape index (κ3) is 2.31. The van der Waals surface area contributed by atoms with E-state index in [1.165, 1.54) is 5.56 Å². The smallest absolute Gasteiger partial charge is 0.265 e.